The van der Waals surface area contributed by atoms with E-state index >= 15 is 0 Å². The molecular formula is C8H15NO4. The van der Waals surface area contributed by atoms with Crippen molar-refractivity contribution in [3.05, 3.63) is 0 Å². The SMILES string of the molecule is COC(=O)C1(C)CC(CO)ON1C. The first-order valence-corrected chi connectivity index (χ1v) is 4.14. The van der Waals surface area contributed by atoms with Gasteiger partial charge in [-0.25, -0.2) is 4.79 Å². The molecular weight excluding hydrogens is 174 g/mol. The molecule has 13 heavy (non-hydrogen) atoms. The first kappa shape index (κ1) is 10.4. The minimum Gasteiger partial charge on any atom is -0.468 e. The highest BCUT2D eigenvalue weighted by Crippen LogP contribution is 2.30. The van der Waals surface area contributed by atoms with Crippen LogP contribution in [0.4, 0.5) is 0 Å². The van der Waals surface area contributed by atoms with E-state index in [0.717, 1.165) is 0 Å². The Labute approximate surface area is 77.2 Å². The first-order chi connectivity index (χ1) is 6.04. The van der Waals surface area contributed by atoms with Crippen molar-refractivity contribution in [3.8, 4) is 0 Å². The maximum absolute atomic E-state index is 11.4. The molecule has 76 valence electrons. The van der Waals surface area contributed by atoms with Gasteiger partial charge in [-0.1, -0.05) is 0 Å². The monoisotopic (exact) mass is 189 g/mol. The van der Waals surface area contributed by atoms with E-state index in [4.69, 9.17) is 9.94 Å². The fourth-order valence-electron chi connectivity index (χ4n) is 1.48. The Morgan fingerprint density at radius 3 is 2.85 bits per heavy atom. The van der Waals surface area contributed by atoms with Gasteiger partial charge in [-0.2, -0.15) is 5.06 Å². The van der Waals surface area contributed by atoms with Crippen LogP contribution in [0.1, 0.15) is 13.3 Å². The summed E-state index contributed by atoms with van der Waals surface area (Å²) in [5.74, 6) is -0.342. The van der Waals surface area contributed by atoms with Crippen molar-refractivity contribution in [2.24, 2.45) is 0 Å². The van der Waals surface area contributed by atoms with Crippen molar-refractivity contribution in [1.82, 2.24) is 5.06 Å². The molecule has 0 aromatic heterocycles. The number of aliphatic hydroxyl groups excluding tert-OH is 1. The summed E-state index contributed by atoms with van der Waals surface area (Å²) in [6, 6.07) is 0. The Bertz CT molecular complexity index is 208. The van der Waals surface area contributed by atoms with Gasteiger partial charge in [-0.05, 0) is 6.92 Å². The average Bonchev–Trinajstić information content (AvgIpc) is 2.42. The Kier molecular flexibility index (Phi) is 2.90. The van der Waals surface area contributed by atoms with Gasteiger partial charge in [0.2, 0.25) is 0 Å². The number of hydrogen-bond donors (Lipinski definition) is 1. The van der Waals surface area contributed by atoms with E-state index in [1.807, 2.05) is 0 Å². The van der Waals surface area contributed by atoms with Gasteiger partial charge in [0.1, 0.15) is 11.6 Å². The molecule has 2 unspecified atom stereocenters. The van der Waals surface area contributed by atoms with Crippen molar-refractivity contribution in [3.63, 3.8) is 0 Å². The average molecular weight is 189 g/mol. The lowest BCUT2D eigenvalue weighted by Crippen LogP contribution is -2.45. The number of esters is 1. The summed E-state index contributed by atoms with van der Waals surface area (Å²) in [6.07, 6.45) is 0.140. The van der Waals surface area contributed by atoms with E-state index in [1.54, 1.807) is 14.0 Å². The third kappa shape index (κ3) is 1.67. The van der Waals surface area contributed by atoms with E-state index in [9.17, 15) is 4.79 Å². The molecule has 5 nitrogen and oxygen atoms in total. The number of likely N-dealkylation sites (N-methyl/N-ethyl adjacent to an activating group) is 1. The second-order valence-electron chi connectivity index (χ2n) is 3.38. The molecule has 0 spiro atoms. The standard InChI is InChI=1S/C8H15NO4/c1-8(7(11)12-3)4-6(5-10)13-9(8)2/h6,10H,4-5H2,1-3H3. The van der Waals surface area contributed by atoms with Crippen LogP contribution in [0.15, 0.2) is 0 Å². The van der Waals surface area contributed by atoms with Gasteiger partial charge in [0.15, 0.2) is 0 Å². The Morgan fingerprint density at radius 2 is 2.46 bits per heavy atom. The molecule has 1 saturated heterocycles. The van der Waals surface area contributed by atoms with Gasteiger partial charge in [0.25, 0.3) is 0 Å². The molecule has 0 bridgehead atoms. The molecule has 1 aliphatic heterocycles. The largest absolute Gasteiger partial charge is 0.468 e. The van der Waals surface area contributed by atoms with Crippen LogP contribution in [-0.2, 0) is 14.4 Å². The molecule has 1 fully saturated rings. The summed E-state index contributed by atoms with van der Waals surface area (Å²) in [4.78, 5) is 16.6. The number of hydrogen-bond acceptors (Lipinski definition) is 5. The lowest BCUT2D eigenvalue weighted by molar-refractivity contribution is -0.190. The Balaban J connectivity index is 2.74. The maximum Gasteiger partial charge on any atom is 0.328 e. The molecule has 0 amide bonds. The van der Waals surface area contributed by atoms with Gasteiger partial charge >= 0.3 is 5.97 Å². The number of carbonyl (C=O) groups is 1. The van der Waals surface area contributed by atoms with E-state index in [0.29, 0.717) is 6.42 Å². The number of aliphatic hydroxyl groups is 1. The summed E-state index contributed by atoms with van der Waals surface area (Å²) in [5.41, 5.74) is -0.776. The fraction of sp³-hybridized carbons (Fsp3) is 0.875. The third-order valence-corrected chi connectivity index (χ3v) is 2.46. The maximum atomic E-state index is 11.4. The molecule has 0 aromatic carbocycles. The highest BCUT2D eigenvalue weighted by Gasteiger charge is 2.48. The van der Waals surface area contributed by atoms with Crippen LogP contribution in [-0.4, -0.2) is 48.5 Å². The zero-order valence-corrected chi connectivity index (χ0v) is 8.11. The molecule has 0 aliphatic carbocycles. The van der Waals surface area contributed by atoms with Crippen molar-refractivity contribution in [2.45, 2.75) is 25.0 Å². The van der Waals surface area contributed by atoms with Crippen molar-refractivity contribution in [2.75, 3.05) is 20.8 Å². The van der Waals surface area contributed by atoms with Crippen LogP contribution in [0.2, 0.25) is 0 Å². The van der Waals surface area contributed by atoms with Crippen LogP contribution < -0.4 is 0 Å². The van der Waals surface area contributed by atoms with Gasteiger partial charge in [0.05, 0.1) is 13.7 Å². The summed E-state index contributed by atoms with van der Waals surface area (Å²) < 4.78 is 4.66. The smallest absolute Gasteiger partial charge is 0.328 e. The minimum atomic E-state index is -0.776. The first-order valence-electron chi connectivity index (χ1n) is 4.14. The van der Waals surface area contributed by atoms with Crippen LogP contribution in [0.3, 0.4) is 0 Å². The lowest BCUT2D eigenvalue weighted by Gasteiger charge is -2.26. The topological polar surface area (TPSA) is 59.0 Å². The molecule has 1 heterocycles. The zero-order chi connectivity index (χ0) is 10.1. The van der Waals surface area contributed by atoms with Crippen LogP contribution in [0, 0.1) is 0 Å². The van der Waals surface area contributed by atoms with E-state index in [1.165, 1.54) is 12.2 Å². The van der Waals surface area contributed by atoms with Gasteiger partial charge < -0.3 is 9.84 Å². The number of methoxy groups -OCH3 is 1. The number of carbonyl (C=O) groups excluding carboxylic acids is 1. The molecule has 5 heteroatoms. The summed E-state index contributed by atoms with van der Waals surface area (Å²) >= 11 is 0. The van der Waals surface area contributed by atoms with Gasteiger partial charge in [-0.3, -0.25) is 4.84 Å². The molecule has 1 aliphatic rings. The molecule has 2 atom stereocenters. The number of hydroxylamine groups is 2. The van der Waals surface area contributed by atoms with Gasteiger partial charge in [0, 0.05) is 13.5 Å². The van der Waals surface area contributed by atoms with E-state index in [2.05, 4.69) is 4.74 Å². The predicted octanol–water partition coefficient (Wildman–Crippen LogP) is -0.454. The molecule has 0 saturated carbocycles. The Hall–Kier alpha value is -0.650. The van der Waals surface area contributed by atoms with Crippen molar-refractivity contribution in [1.29, 1.82) is 0 Å². The van der Waals surface area contributed by atoms with Crippen LogP contribution in [0.25, 0.3) is 0 Å². The number of nitrogens with zero attached hydrogens (tertiary/aromatic N) is 1. The number of rotatable bonds is 2. The molecule has 0 aromatic rings. The summed E-state index contributed by atoms with van der Waals surface area (Å²) in [5, 5.41) is 10.3. The summed E-state index contributed by atoms with van der Waals surface area (Å²) in [6.45, 7) is 1.64. The number of ether oxygens (including phenoxy) is 1. The summed E-state index contributed by atoms with van der Waals surface area (Å²) in [7, 11) is 3.00. The van der Waals surface area contributed by atoms with Crippen molar-refractivity contribution < 1.29 is 19.5 Å². The van der Waals surface area contributed by atoms with E-state index in [-0.39, 0.29) is 18.7 Å². The molecule has 1 N–H and O–H groups in total. The van der Waals surface area contributed by atoms with Crippen LogP contribution >= 0.6 is 0 Å². The normalized spacial score (nSPS) is 34.9. The second-order valence-corrected chi connectivity index (χ2v) is 3.38. The molecule has 1 rings (SSSR count). The fourth-order valence-corrected chi connectivity index (χ4v) is 1.48. The van der Waals surface area contributed by atoms with E-state index < -0.39 is 5.54 Å². The highest BCUT2D eigenvalue weighted by atomic mass is 16.7. The highest BCUT2D eigenvalue weighted by molar-refractivity contribution is 5.80. The second kappa shape index (κ2) is 3.61. The minimum absolute atomic E-state index is 0.0864. The lowest BCUT2D eigenvalue weighted by atomic mass is 9.96. The van der Waals surface area contributed by atoms with Crippen molar-refractivity contribution >= 4 is 5.97 Å². The quantitative estimate of drug-likeness (QED) is 0.596. The molecule has 0 radical (unpaired) electrons. The third-order valence-electron chi connectivity index (χ3n) is 2.46. The zero-order valence-electron chi connectivity index (χ0n) is 8.11. The predicted molar refractivity (Wildman–Crippen MR) is 44.8 cm³/mol. The van der Waals surface area contributed by atoms with Gasteiger partial charge in [-0.15, -0.1) is 0 Å². The van der Waals surface area contributed by atoms with Crippen LogP contribution in [0.5, 0.6) is 0 Å². The Morgan fingerprint density at radius 1 is 1.85 bits per heavy atom.